The first-order valence-corrected chi connectivity index (χ1v) is 8.68. The molecule has 3 heterocycles. The van der Waals surface area contributed by atoms with E-state index in [2.05, 4.69) is 22.2 Å². The first-order chi connectivity index (χ1) is 11.6. The Bertz CT molecular complexity index is 706. The van der Waals surface area contributed by atoms with Gasteiger partial charge in [0.15, 0.2) is 5.82 Å². The number of amides is 1. The van der Waals surface area contributed by atoms with Crippen LogP contribution in [0, 0.1) is 13.8 Å². The van der Waals surface area contributed by atoms with E-state index in [1.807, 2.05) is 24.8 Å². The van der Waals surface area contributed by atoms with Gasteiger partial charge in [0.1, 0.15) is 6.54 Å². The summed E-state index contributed by atoms with van der Waals surface area (Å²) in [6.07, 6.45) is 3.77. The van der Waals surface area contributed by atoms with E-state index < -0.39 is 0 Å². The van der Waals surface area contributed by atoms with Gasteiger partial charge in [-0.15, -0.1) is 0 Å². The first-order valence-electron chi connectivity index (χ1n) is 8.68. The predicted octanol–water partition coefficient (Wildman–Crippen LogP) is 2.24. The van der Waals surface area contributed by atoms with Crippen molar-refractivity contribution in [1.82, 2.24) is 24.8 Å². The highest BCUT2D eigenvalue weighted by atomic mass is 16.5. The third kappa shape index (κ3) is 3.66. The molecule has 7 nitrogen and oxygen atoms in total. The van der Waals surface area contributed by atoms with E-state index in [1.54, 1.807) is 4.68 Å². The summed E-state index contributed by atoms with van der Waals surface area (Å²) in [5, 5.41) is 8.40. The van der Waals surface area contributed by atoms with Crippen LogP contribution in [0.3, 0.4) is 0 Å². The Kier molecular flexibility index (Phi) is 4.97. The predicted molar refractivity (Wildman–Crippen MR) is 88.5 cm³/mol. The van der Waals surface area contributed by atoms with Crippen LogP contribution >= 0.6 is 0 Å². The third-order valence-corrected chi connectivity index (χ3v) is 4.47. The molecule has 0 spiro atoms. The van der Waals surface area contributed by atoms with Crippen LogP contribution in [0.1, 0.15) is 55.2 Å². The molecule has 3 rings (SSSR count). The molecule has 1 saturated heterocycles. The van der Waals surface area contributed by atoms with E-state index in [9.17, 15) is 4.79 Å². The minimum atomic E-state index is 0.0965. The number of aryl methyl sites for hydroxylation is 3. The summed E-state index contributed by atoms with van der Waals surface area (Å²) in [6, 6.07) is 1.99. The maximum absolute atomic E-state index is 12.6. The monoisotopic (exact) mass is 331 g/mol. The van der Waals surface area contributed by atoms with Crippen molar-refractivity contribution in [2.24, 2.45) is 0 Å². The van der Waals surface area contributed by atoms with Gasteiger partial charge in [-0.05, 0) is 39.2 Å². The fraction of sp³-hybridized carbons (Fsp3) is 0.647. The molecule has 1 amide bonds. The van der Waals surface area contributed by atoms with Crippen molar-refractivity contribution in [2.75, 3.05) is 13.1 Å². The Balaban J connectivity index is 1.64. The van der Waals surface area contributed by atoms with Gasteiger partial charge in [0, 0.05) is 25.2 Å². The summed E-state index contributed by atoms with van der Waals surface area (Å²) >= 11 is 0. The Morgan fingerprint density at radius 2 is 2.25 bits per heavy atom. The van der Waals surface area contributed by atoms with Crippen molar-refractivity contribution in [1.29, 1.82) is 0 Å². The van der Waals surface area contributed by atoms with Crippen LogP contribution < -0.4 is 0 Å². The van der Waals surface area contributed by atoms with Gasteiger partial charge < -0.3 is 9.42 Å². The number of hydrogen-bond acceptors (Lipinski definition) is 5. The smallest absolute Gasteiger partial charge is 0.244 e. The molecule has 0 saturated carbocycles. The lowest BCUT2D eigenvalue weighted by Crippen LogP contribution is -2.41. The maximum atomic E-state index is 12.6. The molecule has 0 aromatic carbocycles. The summed E-state index contributed by atoms with van der Waals surface area (Å²) in [5.41, 5.74) is 1.95. The number of hydrogen-bond donors (Lipinski definition) is 0. The zero-order valence-electron chi connectivity index (χ0n) is 14.7. The molecule has 0 aliphatic carbocycles. The maximum Gasteiger partial charge on any atom is 0.244 e. The summed E-state index contributed by atoms with van der Waals surface area (Å²) in [7, 11) is 0. The second-order valence-electron chi connectivity index (χ2n) is 6.56. The van der Waals surface area contributed by atoms with Crippen molar-refractivity contribution in [3.8, 4) is 0 Å². The number of carbonyl (C=O) groups is 1. The number of aromatic nitrogens is 4. The lowest BCUT2D eigenvalue weighted by Gasteiger charge is -2.31. The highest BCUT2D eigenvalue weighted by Crippen LogP contribution is 2.26. The average Bonchev–Trinajstić information content (AvgIpc) is 3.15. The molecule has 0 N–H and O–H groups in total. The van der Waals surface area contributed by atoms with E-state index >= 15 is 0 Å². The Morgan fingerprint density at radius 3 is 2.96 bits per heavy atom. The highest BCUT2D eigenvalue weighted by molar-refractivity contribution is 5.76. The number of piperidine rings is 1. The van der Waals surface area contributed by atoms with E-state index in [-0.39, 0.29) is 18.4 Å². The Labute approximate surface area is 142 Å². The minimum Gasteiger partial charge on any atom is -0.340 e. The Morgan fingerprint density at radius 1 is 1.42 bits per heavy atom. The van der Waals surface area contributed by atoms with Gasteiger partial charge >= 0.3 is 0 Å². The zero-order valence-corrected chi connectivity index (χ0v) is 14.7. The number of nitrogens with zero attached hydrogens (tertiary/aromatic N) is 5. The summed E-state index contributed by atoms with van der Waals surface area (Å²) in [5.74, 6) is 1.67. The average molecular weight is 331 g/mol. The van der Waals surface area contributed by atoms with Gasteiger partial charge in [-0.2, -0.15) is 10.1 Å². The van der Waals surface area contributed by atoms with E-state index in [0.717, 1.165) is 49.4 Å². The van der Waals surface area contributed by atoms with E-state index in [4.69, 9.17) is 4.52 Å². The topological polar surface area (TPSA) is 77.0 Å². The van der Waals surface area contributed by atoms with Gasteiger partial charge in [-0.3, -0.25) is 9.48 Å². The van der Waals surface area contributed by atoms with Crippen LogP contribution in [0.15, 0.2) is 10.6 Å². The molecule has 7 heteroatoms. The van der Waals surface area contributed by atoms with Crippen molar-refractivity contribution in [3.63, 3.8) is 0 Å². The molecule has 1 aliphatic heterocycles. The van der Waals surface area contributed by atoms with Gasteiger partial charge in [0.05, 0.1) is 11.6 Å². The summed E-state index contributed by atoms with van der Waals surface area (Å²) in [4.78, 5) is 19.0. The minimum absolute atomic E-state index is 0.0965. The van der Waals surface area contributed by atoms with Crippen LogP contribution in [0.25, 0.3) is 0 Å². The molecule has 130 valence electrons. The number of rotatable bonds is 5. The largest absolute Gasteiger partial charge is 0.340 e. The molecule has 24 heavy (non-hydrogen) atoms. The summed E-state index contributed by atoms with van der Waals surface area (Å²) in [6.45, 7) is 7.72. The second-order valence-corrected chi connectivity index (χ2v) is 6.56. The number of carbonyl (C=O) groups excluding carboxylic acids is 1. The quantitative estimate of drug-likeness (QED) is 0.840. The van der Waals surface area contributed by atoms with Gasteiger partial charge in [-0.1, -0.05) is 12.1 Å². The fourth-order valence-corrected chi connectivity index (χ4v) is 3.23. The molecule has 0 bridgehead atoms. The zero-order chi connectivity index (χ0) is 17.1. The van der Waals surface area contributed by atoms with Crippen molar-refractivity contribution in [2.45, 2.75) is 58.9 Å². The van der Waals surface area contributed by atoms with E-state index in [1.165, 1.54) is 0 Å². The van der Waals surface area contributed by atoms with Crippen LogP contribution in [0.4, 0.5) is 0 Å². The molecule has 0 radical (unpaired) electrons. The molecular weight excluding hydrogens is 306 g/mol. The molecular formula is C17H25N5O2. The molecule has 2 aromatic heterocycles. The van der Waals surface area contributed by atoms with Gasteiger partial charge in [0.25, 0.3) is 0 Å². The first kappa shape index (κ1) is 16.7. The normalized spacial score (nSPS) is 18.1. The lowest BCUT2D eigenvalue weighted by molar-refractivity contribution is -0.133. The van der Waals surface area contributed by atoms with Crippen LogP contribution in [0.5, 0.6) is 0 Å². The number of likely N-dealkylation sites (tertiary alicyclic amines) is 1. The van der Waals surface area contributed by atoms with Crippen LogP contribution in [-0.2, 0) is 17.8 Å². The van der Waals surface area contributed by atoms with E-state index in [0.29, 0.717) is 12.4 Å². The molecule has 1 aliphatic rings. The van der Waals surface area contributed by atoms with Crippen LogP contribution in [0.2, 0.25) is 0 Å². The Hall–Kier alpha value is -2.18. The molecule has 2 aromatic rings. The van der Waals surface area contributed by atoms with Crippen molar-refractivity contribution in [3.05, 3.63) is 29.2 Å². The molecule has 1 atom stereocenters. The standard InChI is InChI=1S/C17H25N5O2/c1-4-6-15-18-17(24-20-15)14-7-5-8-21(10-14)16(23)11-22-13(3)9-12(2)19-22/h9,14H,4-8,10-11H2,1-3H3. The van der Waals surface area contributed by atoms with Crippen molar-refractivity contribution >= 4 is 5.91 Å². The lowest BCUT2D eigenvalue weighted by atomic mass is 9.98. The van der Waals surface area contributed by atoms with Crippen molar-refractivity contribution < 1.29 is 9.32 Å². The van der Waals surface area contributed by atoms with Gasteiger partial charge in [0.2, 0.25) is 11.8 Å². The third-order valence-electron chi connectivity index (χ3n) is 4.47. The summed E-state index contributed by atoms with van der Waals surface area (Å²) < 4.78 is 7.18. The van der Waals surface area contributed by atoms with Gasteiger partial charge in [-0.25, -0.2) is 0 Å². The molecule has 1 unspecified atom stereocenters. The molecule has 1 fully saturated rings. The highest BCUT2D eigenvalue weighted by Gasteiger charge is 2.28. The fourth-order valence-electron chi connectivity index (χ4n) is 3.23. The van der Waals surface area contributed by atoms with Crippen LogP contribution in [-0.4, -0.2) is 43.8 Å². The second kappa shape index (κ2) is 7.15. The SMILES string of the molecule is CCCc1noc(C2CCCN(C(=O)Cn3nc(C)cc3C)C2)n1.